The van der Waals surface area contributed by atoms with E-state index in [-0.39, 0.29) is 12.4 Å². The monoisotopic (exact) mass is 282 g/mol. The van der Waals surface area contributed by atoms with Crippen LogP contribution in [-0.2, 0) is 0 Å². The molecular formula is C13H19ClN4O. The largest absolute Gasteiger partial charge is 0.395 e. The number of nitrogens with two attached hydrogens (primary N) is 1. The first kappa shape index (κ1) is 14.1. The number of nitrogens with zero attached hydrogens (tertiary/aromatic N) is 2. The molecule has 0 aliphatic carbocycles. The number of halogens is 1. The van der Waals surface area contributed by atoms with Gasteiger partial charge in [-0.2, -0.15) is 0 Å². The normalized spacial score (nSPS) is 16.6. The van der Waals surface area contributed by atoms with E-state index < -0.39 is 0 Å². The SMILES string of the molecule is N=C(N)c1c(Cl)cccc1N1CCN(CCO)CC1. The number of β-amino-alcohol motifs (C(OH)–C–C–N with tert-alkyl or cyclic N) is 1. The van der Waals surface area contributed by atoms with Crippen LogP contribution in [0.2, 0.25) is 5.02 Å². The van der Waals surface area contributed by atoms with Gasteiger partial charge >= 0.3 is 0 Å². The second-order valence-electron chi connectivity index (χ2n) is 4.60. The Morgan fingerprint density at radius 2 is 2.00 bits per heavy atom. The predicted molar refractivity (Wildman–Crippen MR) is 78.2 cm³/mol. The summed E-state index contributed by atoms with van der Waals surface area (Å²) in [5, 5.41) is 17.1. The van der Waals surface area contributed by atoms with Crippen molar-refractivity contribution in [2.24, 2.45) is 5.73 Å². The Morgan fingerprint density at radius 3 is 2.58 bits per heavy atom. The quantitative estimate of drug-likeness (QED) is 0.562. The van der Waals surface area contributed by atoms with Crippen LogP contribution in [0.4, 0.5) is 5.69 Å². The Bertz CT molecular complexity index is 458. The average Bonchev–Trinajstić information content (AvgIpc) is 2.39. The Hall–Kier alpha value is -1.30. The molecule has 104 valence electrons. The van der Waals surface area contributed by atoms with Crippen LogP contribution in [0.5, 0.6) is 0 Å². The molecule has 0 atom stereocenters. The van der Waals surface area contributed by atoms with Crippen molar-refractivity contribution in [1.29, 1.82) is 5.41 Å². The lowest BCUT2D eigenvalue weighted by Crippen LogP contribution is -2.47. The first-order chi connectivity index (χ1) is 9.13. The van der Waals surface area contributed by atoms with Crippen LogP contribution in [0.15, 0.2) is 18.2 Å². The molecule has 0 aromatic heterocycles. The molecule has 1 heterocycles. The van der Waals surface area contributed by atoms with Crippen molar-refractivity contribution >= 4 is 23.1 Å². The van der Waals surface area contributed by atoms with Gasteiger partial charge in [0.15, 0.2) is 0 Å². The van der Waals surface area contributed by atoms with E-state index in [4.69, 9.17) is 27.9 Å². The zero-order chi connectivity index (χ0) is 13.8. The van der Waals surface area contributed by atoms with E-state index in [2.05, 4.69) is 9.80 Å². The Kier molecular flexibility index (Phi) is 4.63. The number of amidine groups is 1. The highest BCUT2D eigenvalue weighted by molar-refractivity contribution is 6.34. The maximum Gasteiger partial charge on any atom is 0.126 e. The molecule has 6 heteroatoms. The topological polar surface area (TPSA) is 76.6 Å². The predicted octanol–water partition coefficient (Wildman–Crippen LogP) is 0.738. The summed E-state index contributed by atoms with van der Waals surface area (Å²) in [6.45, 7) is 4.38. The summed E-state index contributed by atoms with van der Waals surface area (Å²) >= 11 is 6.13. The number of hydrogen-bond donors (Lipinski definition) is 3. The van der Waals surface area contributed by atoms with Gasteiger partial charge in [-0.25, -0.2) is 0 Å². The molecule has 4 N–H and O–H groups in total. The number of aliphatic hydroxyl groups excluding tert-OH is 1. The van der Waals surface area contributed by atoms with Crippen LogP contribution in [-0.4, -0.2) is 55.2 Å². The third kappa shape index (κ3) is 3.18. The highest BCUT2D eigenvalue weighted by Crippen LogP contribution is 2.27. The van der Waals surface area contributed by atoms with Crippen LogP contribution < -0.4 is 10.6 Å². The molecule has 1 aromatic rings. The number of nitrogen functional groups attached to an aromatic ring is 1. The third-order valence-corrected chi connectivity index (χ3v) is 3.71. The molecule has 1 saturated heterocycles. The number of piperazine rings is 1. The summed E-state index contributed by atoms with van der Waals surface area (Å²) in [7, 11) is 0. The minimum atomic E-state index is -0.00149. The lowest BCUT2D eigenvalue weighted by molar-refractivity contribution is 0.189. The van der Waals surface area contributed by atoms with Crippen molar-refractivity contribution in [3.05, 3.63) is 28.8 Å². The first-order valence-electron chi connectivity index (χ1n) is 6.34. The Balaban J connectivity index is 2.15. The van der Waals surface area contributed by atoms with Gasteiger partial charge in [-0.3, -0.25) is 10.3 Å². The molecule has 19 heavy (non-hydrogen) atoms. The van der Waals surface area contributed by atoms with E-state index in [9.17, 15) is 0 Å². The van der Waals surface area contributed by atoms with Crippen molar-refractivity contribution in [3.63, 3.8) is 0 Å². The number of anilines is 1. The Morgan fingerprint density at radius 1 is 1.32 bits per heavy atom. The molecule has 1 aromatic carbocycles. The van der Waals surface area contributed by atoms with E-state index in [1.165, 1.54) is 0 Å². The van der Waals surface area contributed by atoms with Crippen molar-refractivity contribution in [3.8, 4) is 0 Å². The van der Waals surface area contributed by atoms with Gasteiger partial charge in [-0.15, -0.1) is 0 Å². The van der Waals surface area contributed by atoms with E-state index in [1.54, 1.807) is 6.07 Å². The van der Waals surface area contributed by atoms with Gasteiger partial charge in [-0.05, 0) is 12.1 Å². The molecule has 0 bridgehead atoms. The van der Waals surface area contributed by atoms with Crippen LogP contribution in [0.1, 0.15) is 5.56 Å². The van der Waals surface area contributed by atoms with Gasteiger partial charge in [-0.1, -0.05) is 17.7 Å². The van der Waals surface area contributed by atoms with E-state index in [0.717, 1.165) is 31.9 Å². The Labute approximate surface area is 118 Å². The molecule has 0 unspecified atom stereocenters. The number of nitrogens with one attached hydrogen (secondary N) is 1. The summed E-state index contributed by atoms with van der Waals surface area (Å²) < 4.78 is 0. The zero-order valence-corrected chi connectivity index (χ0v) is 11.5. The molecule has 1 fully saturated rings. The molecule has 5 nitrogen and oxygen atoms in total. The zero-order valence-electron chi connectivity index (χ0n) is 10.8. The molecule has 0 spiro atoms. The number of hydrogen-bond acceptors (Lipinski definition) is 4. The minimum Gasteiger partial charge on any atom is -0.395 e. The van der Waals surface area contributed by atoms with E-state index >= 15 is 0 Å². The van der Waals surface area contributed by atoms with Crippen molar-refractivity contribution in [2.75, 3.05) is 44.2 Å². The molecule has 2 rings (SSSR count). The van der Waals surface area contributed by atoms with Gasteiger partial charge in [0.25, 0.3) is 0 Å². The lowest BCUT2D eigenvalue weighted by Gasteiger charge is -2.36. The maximum atomic E-state index is 8.94. The molecular weight excluding hydrogens is 264 g/mol. The van der Waals surface area contributed by atoms with Crippen molar-refractivity contribution in [2.45, 2.75) is 0 Å². The van der Waals surface area contributed by atoms with Gasteiger partial charge in [0.1, 0.15) is 5.84 Å². The number of aliphatic hydroxyl groups is 1. The van der Waals surface area contributed by atoms with Gasteiger partial charge < -0.3 is 15.7 Å². The van der Waals surface area contributed by atoms with Crippen LogP contribution in [0.25, 0.3) is 0 Å². The minimum absolute atomic E-state index is 0.00149. The molecule has 1 aliphatic rings. The molecule has 0 radical (unpaired) electrons. The second kappa shape index (κ2) is 6.23. The fraction of sp³-hybridized carbons (Fsp3) is 0.462. The summed E-state index contributed by atoms with van der Waals surface area (Å²) in [4.78, 5) is 4.41. The van der Waals surface area contributed by atoms with E-state index in [1.807, 2.05) is 12.1 Å². The van der Waals surface area contributed by atoms with E-state index in [0.29, 0.717) is 17.1 Å². The fourth-order valence-corrected chi connectivity index (χ4v) is 2.67. The molecule has 1 aliphatic heterocycles. The highest BCUT2D eigenvalue weighted by Gasteiger charge is 2.20. The number of rotatable bonds is 4. The summed E-state index contributed by atoms with van der Waals surface area (Å²) in [5.41, 5.74) is 7.16. The van der Waals surface area contributed by atoms with Crippen molar-refractivity contribution in [1.82, 2.24) is 4.90 Å². The van der Waals surface area contributed by atoms with Crippen molar-refractivity contribution < 1.29 is 5.11 Å². The number of benzene rings is 1. The van der Waals surface area contributed by atoms with Gasteiger partial charge in [0.05, 0.1) is 17.2 Å². The standard InChI is InChI=1S/C13H19ClN4O/c14-10-2-1-3-11(12(10)13(15)16)18-6-4-17(5-7-18)8-9-19/h1-3,19H,4-9H2,(H3,15,16). The highest BCUT2D eigenvalue weighted by atomic mass is 35.5. The molecule has 0 amide bonds. The summed E-state index contributed by atoms with van der Waals surface area (Å²) in [5.74, 6) is -0.00149. The maximum absolute atomic E-state index is 8.94. The van der Waals surface area contributed by atoms with Crippen LogP contribution in [0.3, 0.4) is 0 Å². The molecule has 0 saturated carbocycles. The van der Waals surface area contributed by atoms with Crippen LogP contribution >= 0.6 is 11.6 Å². The third-order valence-electron chi connectivity index (χ3n) is 3.39. The lowest BCUT2D eigenvalue weighted by atomic mass is 10.1. The second-order valence-corrected chi connectivity index (χ2v) is 5.01. The van der Waals surface area contributed by atoms with Gasteiger partial charge in [0.2, 0.25) is 0 Å². The summed E-state index contributed by atoms with van der Waals surface area (Å²) in [6, 6.07) is 5.58. The summed E-state index contributed by atoms with van der Waals surface area (Å²) in [6.07, 6.45) is 0. The fourth-order valence-electron chi connectivity index (χ4n) is 2.40. The van der Waals surface area contributed by atoms with Crippen LogP contribution in [0, 0.1) is 5.41 Å². The smallest absolute Gasteiger partial charge is 0.126 e. The average molecular weight is 283 g/mol. The van der Waals surface area contributed by atoms with Gasteiger partial charge in [0, 0.05) is 38.4 Å². The first-order valence-corrected chi connectivity index (χ1v) is 6.72.